The van der Waals surface area contributed by atoms with Crippen LogP contribution in [0.3, 0.4) is 0 Å². The van der Waals surface area contributed by atoms with E-state index in [-0.39, 0.29) is 13.1 Å². The minimum absolute atomic E-state index is 0.00757. The molecule has 2 heterocycles. The number of ether oxygens (including phenoxy) is 1. The highest BCUT2D eigenvalue weighted by molar-refractivity contribution is 7.89. The van der Waals surface area contributed by atoms with Gasteiger partial charge in [-0.15, -0.1) is 4.37 Å². The molecule has 0 bridgehead atoms. The van der Waals surface area contributed by atoms with Crippen LogP contribution in [0.2, 0.25) is 0 Å². The molecule has 22 heavy (non-hydrogen) atoms. The van der Waals surface area contributed by atoms with Gasteiger partial charge >= 0.3 is 0 Å². The third kappa shape index (κ3) is 2.81. The van der Waals surface area contributed by atoms with Crippen molar-refractivity contribution in [3.05, 3.63) is 36.0 Å². The standard InChI is InChI=1S/C12H11F2N3O3S2/c13-9-2-1-3-10(14)12(9)22(18,19)17-5-4-8(7-17)20-11-6-15-21-16-11/h1-3,6,8H,4-5,7H2. The van der Waals surface area contributed by atoms with Crippen LogP contribution in [-0.2, 0) is 10.0 Å². The van der Waals surface area contributed by atoms with E-state index in [0.717, 1.165) is 34.2 Å². The van der Waals surface area contributed by atoms with Crippen molar-refractivity contribution in [2.45, 2.75) is 17.4 Å². The zero-order valence-corrected chi connectivity index (χ0v) is 12.8. The molecule has 0 amide bonds. The van der Waals surface area contributed by atoms with Crippen molar-refractivity contribution in [2.75, 3.05) is 13.1 Å². The SMILES string of the molecule is O=S(=O)(c1c(F)cccc1F)N1CCC(Oc2cnsn2)C1. The molecule has 3 rings (SSSR count). The van der Waals surface area contributed by atoms with Gasteiger partial charge in [0, 0.05) is 6.54 Å². The van der Waals surface area contributed by atoms with E-state index in [1.807, 2.05) is 0 Å². The van der Waals surface area contributed by atoms with Gasteiger partial charge in [0.15, 0.2) is 4.90 Å². The van der Waals surface area contributed by atoms with Crippen molar-refractivity contribution >= 4 is 21.8 Å². The number of halogens is 2. The Balaban J connectivity index is 1.79. The summed E-state index contributed by atoms with van der Waals surface area (Å²) in [7, 11) is -4.24. The molecule has 0 N–H and O–H groups in total. The smallest absolute Gasteiger partial charge is 0.249 e. The minimum Gasteiger partial charge on any atom is -0.471 e. The molecule has 1 aromatic heterocycles. The topological polar surface area (TPSA) is 72.4 Å². The fourth-order valence-corrected chi connectivity index (χ4v) is 4.20. The molecule has 1 saturated heterocycles. The Morgan fingerprint density at radius 2 is 2.05 bits per heavy atom. The first-order valence-electron chi connectivity index (χ1n) is 6.37. The quantitative estimate of drug-likeness (QED) is 0.841. The van der Waals surface area contributed by atoms with E-state index < -0.39 is 32.7 Å². The molecule has 1 aromatic carbocycles. The summed E-state index contributed by atoms with van der Waals surface area (Å²) in [4.78, 5) is -0.925. The normalized spacial score (nSPS) is 19.5. The van der Waals surface area contributed by atoms with Gasteiger partial charge in [0.1, 0.15) is 23.9 Å². The van der Waals surface area contributed by atoms with Crippen LogP contribution in [0.4, 0.5) is 8.78 Å². The predicted molar refractivity (Wildman–Crippen MR) is 74.1 cm³/mol. The summed E-state index contributed by atoms with van der Waals surface area (Å²) in [6, 6.07) is 2.96. The lowest BCUT2D eigenvalue weighted by Crippen LogP contribution is -2.32. The summed E-state index contributed by atoms with van der Waals surface area (Å²) in [6.07, 6.45) is 1.42. The average molecular weight is 347 g/mol. The zero-order chi connectivity index (χ0) is 15.7. The maximum atomic E-state index is 13.7. The molecule has 0 aliphatic carbocycles. The van der Waals surface area contributed by atoms with Crippen LogP contribution in [-0.4, -0.2) is 40.7 Å². The first-order chi connectivity index (χ1) is 10.5. The van der Waals surface area contributed by atoms with E-state index in [1.54, 1.807) is 0 Å². The number of sulfonamides is 1. The largest absolute Gasteiger partial charge is 0.471 e. The second kappa shape index (κ2) is 5.86. The Morgan fingerprint density at radius 1 is 1.32 bits per heavy atom. The highest BCUT2D eigenvalue weighted by atomic mass is 32.2. The molecule has 10 heteroatoms. The average Bonchev–Trinajstić information content (AvgIpc) is 3.10. The van der Waals surface area contributed by atoms with Gasteiger partial charge in [-0.1, -0.05) is 6.07 Å². The Hall–Kier alpha value is -1.65. The maximum absolute atomic E-state index is 13.7. The second-order valence-electron chi connectivity index (χ2n) is 4.69. The highest BCUT2D eigenvalue weighted by Gasteiger charge is 2.37. The third-order valence-corrected chi connectivity index (χ3v) is 5.63. The number of aromatic nitrogens is 2. The van der Waals surface area contributed by atoms with Crippen LogP contribution in [0.25, 0.3) is 0 Å². The van der Waals surface area contributed by atoms with Crippen molar-refractivity contribution in [3.63, 3.8) is 0 Å². The van der Waals surface area contributed by atoms with Crippen LogP contribution in [0, 0.1) is 11.6 Å². The predicted octanol–water partition coefficient (Wildman–Crippen LogP) is 1.66. The number of rotatable bonds is 4. The molecule has 0 radical (unpaired) electrons. The van der Waals surface area contributed by atoms with Gasteiger partial charge in [-0.05, 0) is 18.6 Å². The fraction of sp³-hybridized carbons (Fsp3) is 0.333. The zero-order valence-electron chi connectivity index (χ0n) is 11.1. The molecule has 0 saturated carbocycles. The van der Waals surface area contributed by atoms with E-state index >= 15 is 0 Å². The van der Waals surface area contributed by atoms with Crippen LogP contribution in [0.15, 0.2) is 29.3 Å². The molecule has 1 unspecified atom stereocenters. The van der Waals surface area contributed by atoms with Gasteiger partial charge in [0.05, 0.1) is 18.3 Å². The number of hydrogen-bond acceptors (Lipinski definition) is 6. The molecule has 2 aromatic rings. The maximum Gasteiger partial charge on any atom is 0.249 e. The van der Waals surface area contributed by atoms with E-state index in [9.17, 15) is 17.2 Å². The molecular formula is C12H11F2N3O3S2. The Morgan fingerprint density at radius 3 is 2.68 bits per heavy atom. The van der Waals surface area contributed by atoms with E-state index in [1.165, 1.54) is 6.20 Å². The minimum atomic E-state index is -4.24. The van der Waals surface area contributed by atoms with Crippen molar-refractivity contribution < 1.29 is 21.9 Å². The van der Waals surface area contributed by atoms with Crippen LogP contribution in [0.5, 0.6) is 5.88 Å². The van der Waals surface area contributed by atoms with Crippen LogP contribution >= 0.6 is 11.7 Å². The Bertz CT molecular complexity index is 748. The fourth-order valence-electron chi connectivity index (χ4n) is 2.25. The van der Waals surface area contributed by atoms with Gasteiger partial charge < -0.3 is 4.74 Å². The summed E-state index contributed by atoms with van der Waals surface area (Å²) >= 11 is 0.974. The summed E-state index contributed by atoms with van der Waals surface area (Å²) < 4.78 is 66.3. The lowest BCUT2D eigenvalue weighted by molar-refractivity contribution is 0.208. The highest BCUT2D eigenvalue weighted by Crippen LogP contribution is 2.27. The first-order valence-corrected chi connectivity index (χ1v) is 8.54. The van der Waals surface area contributed by atoms with Crippen LogP contribution in [0.1, 0.15) is 6.42 Å². The Labute approximate surface area is 129 Å². The van der Waals surface area contributed by atoms with Crippen LogP contribution < -0.4 is 4.74 Å². The first kappa shape index (κ1) is 15.3. The van der Waals surface area contributed by atoms with Gasteiger partial charge in [0.2, 0.25) is 15.9 Å². The van der Waals surface area contributed by atoms with Gasteiger partial charge in [-0.25, -0.2) is 17.2 Å². The van der Waals surface area contributed by atoms with Crippen molar-refractivity contribution in [3.8, 4) is 5.88 Å². The monoisotopic (exact) mass is 347 g/mol. The number of benzene rings is 1. The second-order valence-corrected chi connectivity index (χ2v) is 7.12. The lowest BCUT2D eigenvalue weighted by Gasteiger charge is -2.17. The van der Waals surface area contributed by atoms with Crippen molar-refractivity contribution in [1.82, 2.24) is 13.1 Å². The van der Waals surface area contributed by atoms with Crippen molar-refractivity contribution in [2.24, 2.45) is 0 Å². The molecule has 1 aliphatic heterocycles. The molecule has 0 spiro atoms. The molecule has 1 fully saturated rings. The summed E-state index contributed by atoms with van der Waals surface area (Å²) in [5.74, 6) is -1.90. The van der Waals surface area contributed by atoms with E-state index in [4.69, 9.17) is 4.74 Å². The third-order valence-electron chi connectivity index (χ3n) is 3.25. The van der Waals surface area contributed by atoms with Gasteiger partial charge in [0.25, 0.3) is 0 Å². The number of hydrogen-bond donors (Lipinski definition) is 0. The molecular weight excluding hydrogens is 336 g/mol. The Kier molecular flexibility index (Phi) is 4.06. The van der Waals surface area contributed by atoms with Gasteiger partial charge in [-0.3, -0.25) is 0 Å². The molecule has 1 atom stereocenters. The molecule has 118 valence electrons. The van der Waals surface area contributed by atoms with Crippen molar-refractivity contribution in [1.29, 1.82) is 0 Å². The van der Waals surface area contributed by atoms with Gasteiger partial charge in [-0.2, -0.15) is 8.68 Å². The lowest BCUT2D eigenvalue weighted by atomic mass is 10.3. The molecule has 1 aliphatic rings. The molecule has 6 nitrogen and oxygen atoms in total. The summed E-state index contributed by atoms with van der Waals surface area (Å²) in [5.41, 5.74) is 0. The van der Waals surface area contributed by atoms with E-state index in [2.05, 4.69) is 8.75 Å². The van der Waals surface area contributed by atoms with E-state index in [0.29, 0.717) is 12.3 Å². The number of nitrogens with zero attached hydrogens (tertiary/aromatic N) is 3. The summed E-state index contributed by atoms with van der Waals surface area (Å²) in [6.45, 7) is 0.131. The summed E-state index contributed by atoms with van der Waals surface area (Å²) in [5, 5.41) is 0.